The number of nitrogens with one attached hydrogen (secondary N) is 1. The lowest BCUT2D eigenvalue weighted by atomic mass is 10.1. The van der Waals surface area contributed by atoms with Crippen molar-refractivity contribution in [3.05, 3.63) is 28.2 Å². The molecule has 2 rings (SSSR count). The van der Waals surface area contributed by atoms with Gasteiger partial charge in [0.2, 0.25) is 0 Å². The summed E-state index contributed by atoms with van der Waals surface area (Å²) in [5, 5.41) is 3.38. The molecular weight excluding hydrogens is 300 g/mol. The monoisotopic (exact) mass is 324 g/mol. The zero-order valence-corrected chi connectivity index (χ0v) is 13.7. The smallest absolute Gasteiger partial charge is 0.0380 e. The predicted molar refractivity (Wildman–Crippen MR) is 86.8 cm³/mol. The lowest BCUT2D eigenvalue weighted by Crippen LogP contribution is -2.26. The number of unbranched alkanes of at least 4 members (excludes halogenated alkanes) is 1. The molecule has 1 aromatic carbocycles. The first-order chi connectivity index (χ1) is 9.26. The fraction of sp³-hybridized carbons (Fsp3) is 0.625. The molecule has 19 heavy (non-hydrogen) atoms. The second-order valence-electron chi connectivity index (χ2n) is 5.33. The van der Waals surface area contributed by atoms with Crippen molar-refractivity contribution < 1.29 is 0 Å². The summed E-state index contributed by atoms with van der Waals surface area (Å²) in [6, 6.07) is 7.62. The highest BCUT2D eigenvalue weighted by Gasteiger charge is 2.28. The van der Waals surface area contributed by atoms with Crippen molar-refractivity contribution >= 4 is 21.6 Å². The molecule has 1 saturated carbocycles. The summed E-state index contributed by atoms with van der Waals surface area (Å²) in [5.74, 6) is 0. The Labute approximate surface area is 125 Å². The normalized spacial score (nSPS) is 14.7. The van der Waals surface area contributed by atoms with Crippen molar-refractivity contribution in [2.75, 3.05) is 18.0 Å². The molecule has 0 amide bonds. The predicted octanol–water partition coefficient (Wildman–Crippen LogP) is 4.33. The summed E-state index contributed by atoms with van der Waals surface area (Å²) in [6.45, 7) is 7.55. The van der Waals surface area contributed by atoms with Gasteiger partial charge in [-0.2, -0.15) is 0 Å². The fourth-order valence-corrected chi connectivity index (χ4v) is 2.86. The van der Waals surface area contributed by atoms with Crippen LogP contribution in [0.25, 0.3) is 0 Å². The van der Waals surface area contributed by atoms with E-state index in [0.29, 0.717) is 0 Å². The van der Waals surface area contributed by atoms with E-state index in [1.54, 1.807) is 0 Å². The highest BCUT2D eigenvalue weighted by atomic mass is 79.9. The molecule has 1 fully saturated rings. The summed E-state index contributed by atoms with van der Waals surface area (Å²) in [5.41, 5.74) is 2.72. The lowest BCUT2D eigenvalue weighted by molar-refractivity contribution is 0.710. The van der Waals surface area contributed by atoms with E-state index in [4.69, 9.17) is 0 Å². The van der Waals surface area contributed by atoms with Crippen LogP contribution in [-0.2, 0) is 6.54 Å². The molecule has 1 N–H and O–H groups in total. The number of benzene rings is 1. The van der Waals surface area contributed by atoms with Crippen molar-refractivity contribution in [3.8, 4) is 0 Å². The summed E-state index contributed by atoms with van der Waals surface area (Å²) >= 11 is 3.72. The minimum Gasteiger partial charge on any atom is -0.369 e. The molecule has 0 radical (unpaired) electrons. The van der Waals surface area contributed by atoms with Gasteiger partial charge < -0.3 is 10.2 Å². The average Bonchev–Trinajstić information content (AvgIpc) is 3.23. The van der Waals surface area contributed by atoms with Crippen LogP contribution in [0.4, 0.5) is 5.69 Å². The van der Waals surface area contributed by atoms with Gasteiger partial charge >= 0.3 is 0 Å². The molecule has 106 valence electrons. The molecular formula is C16H25BrN2. The first kappa shape index (κ1) is 14.9. The second kappa shape index (κ2) is 7.30. The van der Waals surface area contributed by atoms with Gasteiger partial charge in [-0.25, -0.2) is 0 Å². The van der Waals surface area contributed by atoms with Crippen molar-refractivity contribution in [2.24, 2.45) is 0 Å². The molecule has 1 aliphatic carbocycles. The van der Waals surface area contributed by atoms with Gasteiger partial charge in [0.05, 0.1) is 0 Å². The highest BCUT2D eigenvalue weighted by molar-refractivity contribution is 9.10. The van der Waals surface area contributed by atoms with Crippen LogP contribution in [0.5, 0.6) is 0 Å². The van der Waals surface area contributed by atoms with E-state index in [9.17, 15) is 0 Å². The van der Waals surface area contributed by atoms with E-state index in [1.165, 1.54) is 48.0 Å². The van der Waals surface area contributed by atoms with Crippen LogP contribution in [0.3, 0.4) is 0 Å². The maximum absolute atomic E-state index is 3.72. The van der Waals surface area contributed by atoms with E-state index in [-0.39, 0.29) is 0 Å². The average molecular weight is 325 g/mol. The van der Waals surface area contributed by atoms with Crippen molar-refractivity contribution in [1.29, 1.82) is 0 Å². The Morgan fingerprint density at radius 1 is 1.32 bits per heavy atom. The molecule has 1 aliphatic rings. The number of hydrogen-bond acceptors (Lipinski definition) is 2. The molecule has 0 spiro atoms. The second-order valence-corrected chi connectivity index (χ2v) is 6.19. The van der Waals surface area contributed by atoms with Crippen LogP contribution in [0.15, 0.2) is 22.7 Å². The lowest BCUT2D eigenvalue weighted by Gasteiger charge is -2.25. The quantitative estimate of drug-likeness (QED) is 0.765. The largest absolute Gasteiger partial charge is 0.369 e. The van der Waals surface area contributed by atoms with Gasteiger partial charge in [0, 0.05) is 29.3 Å². The number of nitrogens with zero attached hydrogens (tertiary/aromatic N) is 1. The summed E-state index contributed by atoms with van der Waals surface area (Å²) in [7, 11) is 0. The Morgan fingerprint density at radius 2 is 2.11 bits per heavy atom. The van der Waals surface area contributed by atoms with Crippen LogP contribution in [-0.4, -0.2) is 19.1 Å². The molecule has 0 heterocycles. The number of hydrogen-bond donors (Lipinski definition) is 1. The zero-order chi connectivity index (χ0) is 13.7. The SMILES string of the molecule is CCCCN(c1ccc(CNCC)c(Br)c1)C1CC1. The van der Waals surface area contributed by atoms with Gasteiger partial charge in [-0.05, 0) is 43.5 Å². The third-order valence-electron chi connectivity index (χ3n) is 3.67. The third kappa shape index (κ3) is 4.22. The molecule has 0 atom stereocenters. The van der Waals surface area contributed by atoms with Crippen molar-refractivity contribution in [3.63, 3.8) is 0 Å². The maximum atomic E-state index is 3.72. The molecule has 0 unspecified atom stereocenters. The minimum atomic E-state index is 0.790. The topological polar surface area (TPSA) is 15.3 Å². The van der Waals surface area contributed by atoms with E-state index in [1.807, 2.05) is 0 Å². The van der Waals surface area contributed by atoms with Crippen LogP contribution in [0, 0.1) is 0 Å². The van der Waals surface area contributed by atoms with Gasteiger partial charge in [-0.15, -0.1) is 0 Å². The molecule has 3 heteroatoms. The Morgan fingerprint density at radius 3 is 2.68 bits per heavy atom. The van der Waals surface area contributed by atoms with E-state index in [0.717, 1.165) is 19.1 Å². The molecule has 0 aromatic heterocycles. The van der Waals surface area contributed by atoms with Gasteiger partial charge in [0.25, 0.3) is 0 Å². The summed E-state index contributed by atoms with van der Waals surface area (Å²) in [6.07, 6.45) is 5.27. The van der Waals surface area contributed by atoms with Crippen LogP contribution < -0.4 is 10.2 Å². The number of rotatable bonds is 8. The van der Waals surface area contributed by atoms with E-state index < -0.39 is 0 Å². The summed E-state index contributed by atoms with van der Waals surface area (Å²) in [4.78, 5) is 2.59. The minimum absolute atomic E-state index is 0.790. The van der Waals surface area contributed by atoms with E-state index in [2.05, 4.69) is 58.2 Å². The van der Waals surface area contributed by atoms with Crippen molar-refractivity contribution in [1.82, 2.24) is 5.32 Å². The van der Waals surface area contributed by atoms with Gasteiger partial charge in [0.1, 0.15) is 0 Å². The standard InChI is InChI=1S/C16H25BrN2/c1-3-5-10-19(14-8-9-14)15-7-6-13(12-18-4-2)16(17)11-15/h6-7,11,14,18H,3-5,8-10,12H2,1-2H3. The molecule has 2 nitrogen and oxygen atoms in total. The molecule has 1 aromatic rings. The first-order valence-electron chi connectivity index (χ1n) is 7.52. The maximum Gasteiger partial charge on any atom is 0.0380 e. The van der Waals surface area contributed by atoms with Crippen LogP contribution in [0.1, 0.15) is 45.1 Å². The van der Waals surface area contributed by atoms with Gasteiger partial charge in [-0.1, -0.05) is 42.3 Å². The van der Waals surface area contributed by atoms with E-state index >= 15 is 0 Å². The first-order valence-corrected chi connectivity index (χ1v) is 8.31. The zero-order valence-electron chi connectivity index (χ0n) is 12.1. The van der Waals surface area contributed by atoms with Crippen LogP contribution in [0.2, 0.25) is 0 Å². The molecule has 0 saturated heterocycles. The fourth-order valence-electron chi connectivity index (χ4n) is 2.36. The molecule has 0 aliphatic heterocycles. The van der Waals surface area contributed by atoms with Gasteiger partial charge in [-0.3, -0.25) is 0 Å². The van der Waals surface area contributed by atoms with Gasteiger partial charge in [0.15, 0.2) is 0 Å². The van der Waals surface area contributed by atoms with Crippen molar-refractivity contribution in [2.45, 2.75) is 52.1 Å². The summed E-state index contributed by atoms with van der Waals surface area (Å²) < 4.78 is 1.23. The number of anilines is 1. The Bertz CT molecular complexity index is 402. The molecule has 0 bridgehead atoms. The Hall–Kier alpha value is -0.540. The highest BCUT2D eigenvalue weighted by Crippen LogP contribution is 2.34. The third-order valence-corrected chi connectivity index (χ3v) is 4.41. The van der Waals surface area contributed by atoms with Crippen LogP contribution >= 0.6 is 15.9 Å². The number of halogens is 1. The Kier molecular flexibility index (Phi) is 5.71. The Balaban J connectivity index is 2.07.